The molecule has 0 radical (unpaired) electrons. The van der Waals surface area contributed by atoms with Gasteiger partial charge in [-0.25, -0.2) is 0 Å². The van der Waals surface area contributed by atoms with Crippen LogP contribution < -0.4 is 0 Å². The number of aldehydes is 1. The first-order valence-corrected chi connectivity index (χ1v) is 5.19. The van der Waals surface area contributed by atoms with Gasteiger partial charge < -0.3 is 9.53 Å². The van der Waals surface area contributed by atoms with Gasteiger partial charge in [0.2, 0.25) is 0 Å². The molecule has 2 heteroatoms. The molecule has 0 aliphatic rings. The average molecular weight is 206 g/mol. The van der Waals surface area contributed by atoms with Crippen LogP contribution in [0.5, 0.6) is 0 Å². The van der Waals surface area contributed by atoms with Gasteiger partial charge in [0.15, 0.2) is 0 Å². The summed E-state index contributed by atoms with van der Waals surface area (Å²) in [4.78, 5) is 10.4. The number of rotatable bonds is 5. The van der Waals surface area contributed by atoms with Crippen LogP contribution in [0.4, 0.5) is 0 Å². The van der Waals surface area contributed by atoms with Gasteiger partial charge in [0.05, 0.1) is 5.60 Å². The van der Waals surface area contributed by atoms with Crippen LogP contribution in [0.25, 0.3) is 0 Å². The quantitative estimate of drug-likeness (QED) is 0.692. The first-order chi connectivity index (χ1) is 7.11. The first kappa shape index (κ1) is 11.9. The maximum Gasteiger partial charge on any atom is 0.120 e. The summed E-state index contributed by atoms with van der Waals surface area (Å²) in [6.07, 6.45) is 2.31. The zero-order valence-corrected chi connectivity index (χ0v) is 9.62. The van der Waals surface area contributed by atoms with Crippen LogP contribution >= 0.6 is 0 Å². The molecule has 0 saturated heterocycles. The molecule has 0 fully saturated rings. The predicted octanol–water partition coefficient (Wildman–Crippen LogP) is 2.70. The van der Waals surface area contributed by atoms with Crippen molar-refractivity contribution in [2.45, 2.75) is 32.3 Å². The zero-order chi connectivity index (χ0) is 11.3. The molecule has 0 amide bonds. The molecule has 2 nitrogen and oxygen atoms in total. The molecule has 0 bridgehead atoms. The Labute approximate surface area is 91.3 Å². The molecule has 15 heavy (non-hydrogen) atoms. The summed E-state index contributed by atoms with van der Waals surface area (Å²) >= 11 is 0. The van der Waals surface area contributed by atoms with E-state index in [4.69, 9.17) is 4.74 Å². The second-order valence-electron chi connectivity index (χ2n) is 4.08. The lowest BCUT2D eigenvalue weighted by molar-refractivity contribution is -0.107. The Hall–Kier alpha value is -1.15. The first-order valence-electron chi connectivity index (χ1n) is 5.19. The molecular weight excluding hydrogens is 188 g/mol. The number of benzene rings is 1. The number of aryl methyl sites for hydroxylation is 1. The lowest BCUT2D eigenvalue weighted by atomic mass is 9.91. The number of hydrogen-bond donors (Lipinski definition) is 0. The fourth-order valence-electron chi connectivity index (χ4n) is 1.65. The molecule has 1 aromatic rings. The number of ether oxygens (including phenoxy) is 1. The Balaban J connectivity index is 3.00. The van der Waals surface area contributed by atoms with E-state index in [2.05, 4.69) is 12.1 Å². The van der Waals surface area contributed by atoms with E-state index in [0.717, 1.165) is 18.3 Å². The molecule has 0 N–H and O–H groups in total. The Morgan fingerprint density at radius 2 is 2.00 bits per heavy atom. The SMILES string of the molecule is COC(C)(C)c1ccccc1CCC=O. The average Bonchev–Trinajstić information content (AvgIpc) is 2.26. The topological polar surface area (TPSA) is 26.3 Å². The monoisotopic (exact) mass is 206 g/mol. The van der Waals surface area contributed by atoms with Crippen LogP contribution in [0.3, 0.4) is 0 Å². The number of hydrogen-bond acceptors (Lipinski definition) is 2. The zero-order valence-electron chi connectivity index (χ0n) is 9.62. The van der Waals surface area contributed by atoms with Crippen molar-refractivity contribution in [1.29, 1.82) is 0 Å². The van der Waals surface area contributed by atoms with Crippen molar-refractivity contribution in [2.24, 2.45) is 0 Å². The van der Waals surface area contributed by atoms with Gasteiger partial charge in [-0.05, 0) is 31.4 Å². The fourth-order valence-corrected chi connectivity index (χ4v) is 1.65. The number of carbonyl (C=O) groups is 1. The molecular formula is C13H18O2. The minimum atomic E-state index is -0.292. The molecule has 82 valence electrons. The number of carbonyl (C=O) groups excluding carboxylic acids is 1. The predicted molar refractivity (Wildman–Crippen MR) is 60.9 cm³/mol. The van der Waals surface area contributed by atoms with E-state index in [-0.39, 0.29) is 5.60 Å². The van der Waals surface area contributed by atoms with Crippen LogP contribution in [0, 0.1) is 0 Å². The lowest BCUT2D eigenvalue weighted by Gasteiger charge is -2.26. The fraction of sp³-hybridized carbons (Fsp3) is 0.462. The summed E-state index contributed by atoms with van der Waals surface area (Å²) in [5.74, 6) is 0. The smallest absolute Gasteiger partial charge is 0.120 e. The van der Waals surface area contributed by atoms with Gasteiger partial charge >= 0.3 is 0 Å². The molecule has 0 heterocycles. The highest BCUT2D eigenvalue weighted by molar-refractivity contribution is 5.50. The van der Waals surface area contributed by atoms with Crippen LogP contribution in [0.15, 0.2) is 24.3 Å². The third kappa shape index (κ3) is 2.90. The van der Waals surface area contributed by atoms with Crippen LogP contribution in [-0.4, -0.2) is 13.4 Å². The van der Waals surface area contributed by atoms with Crippen molar-refractivity contribution in [1.82, 2.24) is 0 Å². The van der Waals surface area contributed by atoms with Crippen LogP contribution in [0.2, 0.25) is 0 Å². The Morgan fingerprint density at radius 3 is 2.60 bits per heavy atom. The molecule has 0 aliphatic heterocycles. The van der Waals surface area contributed by atoms with Crippen LogP contribution in [0.1, 0.15) is 31.4 Å². The maximum absolute atomic E-state index is 10.4. The highest BCUT2D eigenvalue weighted by Gasteiger charge is 2.21. The van der Waals surface area contributed by atoms with Gasteiger partial charge in [0.25, 0.3) is 0 Å². The third-order valence-electron chi connectivity index (χ3n) is 2.71. The normalized spacial score (nSPS) is 11.4. The molecule has 0 atom stereocenters. The summed E-state index contributed by atoms with van der Waals surface area (Å²) in [7, 11) is 1.70. The Kier molecular flexibility index (Phi) is 4.04. The van der Waals surface area contributed by atoms with E-state index in [1.54, 1.807) is 7.11 Å². The van der Waals surface area contributed by atoms with Gasteiger partial charge in [-0.15, -0.1) is 0 Å². The van der Waals surface area contributed by atoms with Crippen molar-refractivity contribution in [3.05, 3.63) is 35.4 Å². The molecule has 0 spiro atoms. The van der Waals surface area contributed by atoms with Crippen molar-refractivity contribution >= 4 is 6.29 Å². The summed E-state index contributed by atoms with van der Waals surface area (Å²) in [6.45, 7) is 4.07. The molecule has 0 saturated carbocycles. The second kappa shape index (κ2) is 5.08. The third-order valence-corrected chi connectivity index (χ3v) is 2.71. The lowest BCUT2D eigenvalue weighted by Crippen LogP contribution is -2.21. The summed E-state index contributed by atoms with van der Waals surface area (Å²) in [5, 5.41) is 0. The van der Waals surface area contributed by atoms with Crippen molar-refractivity contribution < 1.29 is 9.53 Å². The minimum absolute atomic E-state index is 0.292. The maximum atomic E-state index is 10.4. The summed E-state index contributed by atoms with van der Waals surface area (Å²) in [6, 6.07) is 8.11. The minimum Gasteiger partial charge on any atom is -0.374 e. The standard InChI is InChI=1S/C13H18O2/c1-13(2,15-3)12-9-5-4-7-11(12)8-6-10-14/h4-5,7,9-10H,6,8H2,1-3H3. The van der Waals surface area contributed by atoms with Gasteiger partial charge in [-0.1, -0.05) is 24.3 Å². The van der Waals surface area contributed by atoms with Gasteiger partial charge in [0.1, 0.15) is 6.29 Å². The number of methoxy groups -OCH3 is 1. The van der Waals surface area contributed by atoms with Gasteiger partial charge in [-0.3, -0.25) is 0 Å². The highest BCUT2D eigenvalue weighted by atomic mass is 16.5. The van der Waals surface area contributed by atoms with E-state index >= 15 is 0 Å². The van der Waals surface area contributed by atoms with Crippen LogP contribution in [-0.2, 0) is 21.6 Å². The van der Waals surface area contributed by atoms with E-state index in [1.165, 1.54) is 5.56 Å². The molecule has 0 unspecified atom stereocenters. The molecule has 0 aliphatic carbocycles. The Bertz CT molecular complexity index is 329. The molecule has 0 aromatic heterocycles. The van der Waals surface area contributed by atoms with E-state index in [9.17, 15) is 4.79 Å². The van der Waals surface area contributed by atoms with E-state index < -0.39 is 0 Å². The van der Waals surface area contributed by atoms with Crippen molar-refractivity contribution in [3.8, 4) is 0 Å². The highest BCUT2D eigenvalue weighted by Crippen LogP contribution is 2.27. The largest absolute Gasteiger partial charge is 0.374 e. The van der Waals surface area contributed by atoms with Gasteiger partial charge in [-0.2, -0.15) is 0 Å². The molecule has 1 aromatic carbocycles. The van der Waals surface area contributed by atoms with Crippen molar-refractivity contribution in [2.75, 3.05) is 7.11 Å². The van der Waals surface area contributed by atoms with Crippen molar-refractivity contribution in [3.63, 3.8) is 0 Å². The summed E-state index contributed by atoms with van der Waals surface area (Å²) in [5.41, 5.74) is 2.06. The summed E-state index contributed by atoms with van der Waals surface area (Å²) < 4.78 is 5.46. The van der Waals surface area contributed by atoms with Gasteiger partial charge in [0, 0.05) is 13.5 Å². The van der Waals surface area contributed by atoms with E-state index in [1.807, 2.05) is 26.0 Å². The van der Waals surface area contributed by atoms with E-state index in [0.29, 0.717) is 6.42 Å². The molecule has 1 rings (SSSR count). The second-order valence-corrected chi connectivity index (χ2v) is 4.08. The Morgan fingerprint density at radius 1 is 1.33 bits per heavy atom.